The van der Waals surface area contributed by atoms with Gasteiger partial charge in [-0.05, 0) is 52.1 Å². The lowest BCUT2D eigenvalue weighted by atomic mass is 10.1. The SMILES string of the molecule is CN=C(NCCCN(C)CC(F)(F)F)N1CCC(OCC2CCCCO2)CC1.I. The number of likely N-dealkylation sites (tertiary alicyclic amines) is 1. The van der Waals surface area contributed by atoms with Crippen LogP contribution in [0.3, 0.4) is 0 Å². The lowest BCUT2D eigenvalue weighted by molar-refractivity contribution is -0.143. The van der Waals surface area contributed by atoms with Gasteiger partial charge in [-0.1, -0.05) is 0 Å². The van der Waals surface area contributed by atoms with Crippen molar-refractivity contribution >= 4 is 29.9 Å². The minimum atomic E-state index is -4.15. The summed E-state index contributed by atoms with van der Waals surface area (Å²) in [4.78, 5) is 7.80. The van der Waals surface area contributed by atoms with Crippen LogP contribution < -0.4 is 5.32 Å². The van der Waals surface area contributed by atoms with Gasteiger partial charge in [0.1, 0.15) is 0 Å². The Bertz CT molecular complexity index is 469. The van der Waals surface area contributed by atoms with Crippen LogP contribution in [0.15, 0.2) is 4.99 Å². The molecule has 10 heteroatoms. The van der Waals surface area contributed by atoms with Crippen LogP contribution in [0.5, 0.6) is 0 Å². The van der Waals surface area contributed by atoms with Crippen molar-refractivity contribution in [3.63, 3.8) is 0 Å². The summed E-state index contributed by atoms with van der Waals surface area (Å²) in [5.74, 6) is 0.813. The molecule has 0 bridgehead atoms. The number of aliphatic imine (C=N–C) groups is 1. The van der Waals surface area contributed by atoms with E-state index in [9.17, 15) is 13.2 Å². The summed E-state index contributed by atoms with van der Waals surface area (Å²) < 4.78 is 48.8. The topological polar surface area (TPSA) is 49.3 Å². The summed E-state index contributed by atoms with van der Waals surface area (Å²) in [5, 5.41) is 3.26. The molecule has 6 nitrogen and oxygen atoms in total. The molecular formula is C19H36F3IN4O2. The molecule has 1 N–H and O–H groups in total. The molecule has 0 saturated carbocycles. The minimum Gasteiger partial charge on any atom is -0.376 e. The molecule has 2 aliphatic rings. The van der Waals surface area contributed by atoms with Gasteiger partial charge >= 0.3 is 6.18 Å². The van der Waals surface area contributed by atoms with Crippen LogP contribution in [0, 0.1) is 0 Å². The number of alkyl halides is 3. The van der Waals surface area contributed by atoms with E-state index in [-0.39, 0.29) is 36.2 Å². The molecule has 2 fully saturated rings. The molecule has 1 unspecified atom stereocenters. The van der Waals surface area contributed by atoms with Crippen molar-refractivity contribution in [1.29, 1.82) is 0 Å². The average Bonchev–Trinajstić information content (AvgIpc) is 2.66. The summed E-state index contributed by atoms with van der Waals surface area (Å²) in [7, 11) is 3.23. The standard InChI is InChI=1S/C19H35F3N4O2.HI/c1-23-18(24-9-5-10-25(2)15-19(20,21)22)26-11-7-16(8-12-26)28-14-17-6-3-4-13-27-17;/h16-17H,3-15H2,1-2H3,(H,23,24);1H. The molecule has 2 heterocycles. The maximum atomic E-state index is 12.3. The Morgan fingerprint density at radius 3 is 2.55 bits per heavy atom. The quantitative estimate of drug-likeness (QED) is 0.224. The molecule has 0 amide bonds. The molecule has 0 aromatic carbocycles. The lowest BCUT2D eigenvalue weighted by Gasteiger charge is -2.35. The zero-order chi connectivity index (χ0) is 20.4. The van der Waals surface area contributed by atoms with E-state index in [2.05, 4.69) is 15.2 Å². The Morgan fingerprint density at radius 2 is 1.97 bits per heavy atom. The van der Waals surface area contributed by atoms with E-state index < -0.39 is 12.7 Å². The average molecular weight is 536 g/mol. The third kappa shape index (κ3) is 11.0. The van der Waals surface area contributed by atoms with Gasteiger partial charge in [0.05, 0.1) is 25.4 Å². The number of hydrogen-bond donors (Lipinski definition) is 1. The molecule has 0 aromatic heterocycles. The summed E-state index contributed by atoms with van der Waals surface area (Å²) in [6.45, 7) is 3.38. The minimum absolute atomic E-state index is 0. The summed E-state index contributed by atoms with van der Waals surface area (Å²) in [6, 6.07) is 0. The highest BCUT2D eigenvalue weighted by Gasteiger charge is 2.29. The number of piperidine rings is 1. The van der Waals surface area contributed by atoms with Crippen LogP contribution >= 0.6 is 24.0 Å². The first-order chi connectivity index (χ1) is 13.4. The predicted octanol–water partition coefficient (Wildman–Crippen LogP) is 3.11. The van der Waals surface area contributed by atoms with Gasteiger partial charge in [0.15, 0.2) is 5.96 Å². The number of ether oxygens (including phenoxy) is 2. The monoisotopic (exact) mass is 536 g/mol. The Labute approximate surface area is 189 Å². The molecule has 0 aromatic rings. The fourth-order valence-electron chi connectivity index (χ4n) is 3.68. The summed E-state index contributed by atoms with van der Waals surface area (Å²) in [6.07, 6.45) is 2.35. The first-order valence-electron chi connectivity index (χ1n) is 10.3. The van der Waals surface area contributed by atoms with E-state index in [0.717, 1.165) is 51.3 Å². The highest BCUT2D eigenvalue weighted by Crippen LogP contribution is 2.18. The van der Waals surface area contributed by atoms with Crippen LogP contribution in [0.1, 0.15) is 38.5 Å². The van der Waals surface area contributed by atoms with Gasteiger partial charge in [-0.25, -0.2) is 0 Å². The zero-order valence-electron chi connectivity index (χ0n) is 17.5. The van der Waals surface area contributed by atoms with Crippen molar-refractivity contribution < 1.29 is 22.6 Å². The molecule has 2 saturated heterocycles. The van der Waals surface area contributed by atoms with E-state index in [0.29, 0.717) is 26.1 Å². The van der Waals surface area contributed by atoms with E-state index in [4.69, 9.17) is 9.47 Å². The second-order valence-corrected chi connectivity index (χ2v) is 7.69. The lowest BCUT2D eigenvalue weighted by Crippen LogP contribution is -2.47. The second kappa shape index (κ2) is 13.9. The first kappa shape index (κ1) is 26.7. The second-order valence-electron chi connectivity index (χ2n) is 7.69. The largest absolute Gasteiger partial charge is 0.401 e. The third-order valence-corrected chi connectivity index (χ3v) is 5.19. The van der Waals surface area contributed by atoms with Gasteiger partial charge in [-0.15, -0.1) is 24.0 Å². The van der Waals surface area contributed by atoms with Crippen LogP contribution in [0.4, 0.5) is 13.2 Å². The molecule has 1 atom stereocenters. The Balaban J connectivity index is 0.00000420. The third-order valence-electron chi connectivity index (χ3n) is 5.19. The highest BCUT2D eigenvalue weighted by atomic mass is 127. The fraction of sp³-hybridized carbons (Fsp3) is 0.947. The number of nitrogens with one attached hydrogen (secondary N) is 1. The summed E-state index contributed by atoms with van der Waals surface area (Å²) >= 11 is 0. The van der Waals surface area contributed by atoms with E-state index in [1.807, 2.05) is 0 Å². The smallest absolute Gasteiger partial charge is 0.376 e. The van der Waals surface area contributed by atoms with Crippen molar-refractivity contribution in [1.82, 2.24) is 15.1 Å². The van der Waals surface area contributed by atoms with Crippen molar-refractivity contribution in [2.45, 2.75) is 56.9 Å². The van der Waals surface area contributed by atoms with Crippen LogP contribution in [-0.2, 0) is 9.47 Å². The number of guanidine groups is 1. The molecule has 0 spiro atoms. The van der Waals surface area contributed by atoms with E-state index in [1.165, 1.54) is 18.4 Å². The van der Waals surface area contributed by atoms with E-state index in [1.54, 1.807) is 7.05 Å². The molecule has 0 radical (unpaired) electrons. The Morgan fingerprint density at radius 1 is 1.24 bits per heavy atom. The van der Waals surface area contributed by atoms with Gasteiger partial charge < -0.3 is 19.7 Å². The Hall–Kier alpha value is -0.330. The normalized spacial score (nSPS) is 21.9. The molecule has 2 aliphatic heterocycles. The van der Waals surface area contributed by atoms with Crippen LogP contribution in [0.2, 0.25) is 0 Å². The number of rotatable bonds is 8. The predicted molar refractivity (Wildman–Crippen MR) is 119 cm³/mol. The molecule has 0 aliphatic carbocycles. The molecular weight excluding hydrogens is 500 g/mol. The van der Waals surface area contributed by atoms with Crippen molar-refractivity contribution in [3.05, 3.63) is 0 Å². The van der Waals surface area contributed by atoms with Crippen molar-refractivity contribution in [2.75, 3.05) is 60.0 Å². The van der Waals surface area contributed by atoms with Crippen molar-refractivity contribution in [3.8, 4) is 0 Å². The maximum Gasteiger partial charge on any atom is 0.401 e. The molecule has 2 rings (SSSR count). The number of halogens is 4. The highest BCUT2D eigenvalue weighted by molar-refractivity contribution is 14.0. The maximum absolute atomic E-state index is 12.3. The van der Waals surface area contributed by atoms with Gasteiger partial charge in [-0.2, -0.15) is 13.2 Å². The number of nitrogens with zero attached hydrogens (tertiary/aromatic N) is 3. The van der Waals surface area contributed by atoms with Crippen molar-refractivity contribution in [2.24, 2.45) is 4.99 Å². The van der Waals surface area contributed by atoms with E-state index >= 15 is 0 Å². The Kier molecular flexibility index (Phi) is 12.8. The van der Waals surface area contributed by atoms with Gasteiger partial charge in [0, 0.05) is 33.3 Å². The first-order valence-corrected chi connectivity index (χ1v) is 10.3. The summed E-state index contributed by atoms with van der Waals surface area (Å²) in [5.41, 5.74) is 0. The zero-order valence-corrected chi connectivity index (χ0v) is 19.9. The van der Waals surface area contributed by atoms with Crippen LogP contribution in [-0.4, -0.2) is 94.2 Å². The van der Waals surface area contributed by atoms with Gasteiger partial charge in [0.25, 0.3) is 0 Å². The number of hydrogen-bond acceptors (Lipinski definition) is 4. The van der Waals surface area contributed by atoms with Crippen LogP contribution in [0.25, 0.3) is 0 Å². The fourth-order valence-corrected chi connectivity index (χ4v) is 3.68. The molecule has 29 heavy (non-hydrogen) atoms. The molecule has 172 valence electrons. The van der Waals surface area contributed by atoms with Gasteiger partial charge in [-0.3, -0.25) is 9.89 Å². The van der Waals surface area contributed by atoms with Gasteiger partial charge in [0.2, 0.25) is 0 Å².